The Morgan fingerprint density at radius 3 is 2.77 bits per heavy atom. The maximum atomic E-state index is 12.2. The van der Waals surface area contributed by atoms with E-state index in [9.17, 15) is 14.4 Å². The Kier molecular flexibility index (Phi) is 4.88. The largest absolute Gasteiger partial charge is 0.456 e. The zero-order valence-corrected chi connectivity index (χ0v) is 12.5. The minimum atomic E-state index is -0.508. The molecule has 0 bridgehead atoms. The second kappa shape index (κ2) is 6.84. The minimum Gasteiger partial charge on any atom is -0.456 e. The van der Waals surface area contributed by atoms with Crippen LogP contribution in [0.15, 0.2) is 29.1 Å². The first-order chi connectivity index (χ1) is 10.5. The SMILES string of the molecule is CNC(=O)COC(=O)CCc1nc2ccccc2c(=O)n1C. The molecule has 0 aliphatic carbocycles. The number of nitrogens with zero attached hydrogens (tertiary/aromatic N) is 2. The minimum absolute atomic E-state index is 0.0512. The Labute approximate surface area is 126 Å². The van der Waals surface area contributed by atoms with Crippen molar-refractivity contribution in [1.29, 1.82) is 0 Å². The number of hydrogen-bond acceptors (Lipinski definition) is 5. The normalized spacial score (nSPS) is 10.5. The fraction of sp³-hybridized carbons (Fsp3) is 0.333. The van der Waals surface area contributed by atoms with Crippen LogP contribution in [-0.4, -0.2) is 35.1 Å². The number of ether oxygens (including phenoxy) is 1. The van der Waals surface area contributed by atoms with Crippen LogP contribution in [0.2, 0.25) is 0 Å². The molecule has 0 spiro atoms. The summed E-state index contributed by atoms with van der Waals surface area (Å²) in [5, 5.41) is 2.89. The summed E-state index contributed by atoms with van der Waals surface area (Å²) in [4.78, 5) is 39.2. The van der Waals surface area contributed by atoms with Gasteiger partial charge < -0.3 is 10.1 Å². The van der Waals surface area contributed by atoms with Gasteiger partial charge in [-0.25, -0.2) is 4.98 Å². The van der Waals surface area contributed by atoms with Crippen LogP contribution in [0.5, 0.6) is 0 Å². The Hall–Kier alpha value is -2.70. The average Bonchev–Trinajstić information content (AvgIpc) is 2.54. The molecule has 1 aromatic heterocycles. The predicted molar refractivity (Wildman–Crippen MR) is 80.3 cm³/mol. The fourth-order valence-electron chi connectivity index (χ4n) is 1.99. The van der Waals surface area contributed by atoms with Gasteiger partial charge in [0.2, 0.25) is 0 Å². The zero-order chi connectivity index (χ0) is 16.1. The van der Waals surface area contributed by atoms with Gasteiger partial charge >= 0.3 is 5.97 Å². The van der Waals surface area contributed by atoms with Gasteiger partial charge in [0.25, 0.3) is 11.5 Å². The van der Waals surface area contributed by atoms with Crippen molar-refractivity contribution in [2.24, 2.45) is 7.05 Å². The molecule has 7 nitrogen and oxygen atoms in total. The van der Waals surface area contributed by atoms with Gasteiger partial charge in [0, 0.05) is 20.5 Å². The van der Waals surface area contributed by atoms with E-state index in [0.717, 1.165) is 0 Å². The number of para-hydroxylation sites is 1. The quantitative estimate of drug-likeness (QED) is 0.794. The van der Waals surface area contributed by atoms with E-state index >= 15 is 0 Å². The first kappa shape index (κ1) is 15.7. The number of aromatic nitrogens is 2. The molecule has 116 valence electrons. The third-order valence-electron chi connectivity index (χ3n) is 3.27. The van der Waals surface area contributed by atoms with Gasteiger partial charge in [-0.1, -0.05) is 12.1 Å². The summed E-state index contributed by atoms with van der Waals surface area (Å²) in [5.74, 6) is -0.379. The number of amides is 1. The molecule has 0 aliphatic rings. The molecular formula is C15H17N3O4. The first-order valence-corrected chi connectivity index (χ1v) is 6.83. The highest BCUT2D eigenvalue weighted by Crippen LogP contribution is 2.08. The van der Waals surface area contributed by atoms with Crippen LogP contribution in [0.3, 0.4) is 0 Å². The molecule has 0 atom stereocenters. The molecule has 2 rings (SSSR count). The molecule has 0 fully saturated rings. The Bertz CT molecular complexity index is 767. The molecule has 0 saturated heterocycles. The number of rotatable bonds is 5. The van der Waals surface area contributed by atoms with Gasteiger partial charge in [0.1, 0.15) is 5.82 Å². The molecule has 0 radical (unpaired) electrons. The van der Waals surface area contributed by atoms with Crippen molar-refractivity contribution in [2.75, 3.05) is 13.7 Å². The molecule has 2 aromatic rings. The van der Waals surface area contributed by atoms with Gasteiger partial charge in [-0.3, -0.25) is 19.0 Å². The second-order valence-corrected chi connectivity index (χ2v) is 4.74. The number of fused-ring (bicyclic) bond motifs is 1. The lowest BCUT2D eigenvalue weighted by Crippen LogP contribution is -2.26. The Morgan fingerprint density at radius 1 is 1.32 bits per heavy atom. The predicted octanol–water partition coefficient (Wildman–Crippen LogP) is 0.155. The van der Waals surface area contributed by atoms with E-state index in [1.165, 1.54) is 11.6 Å². The summed E-state index contributed by atoms with van der Waals surface area (Å²) in [5.41, 5.74) is 0.443. The van der Waals surface area contributed by atoms with Crippen molar-refractivity contribution in [2.45, 2.75) is 12.8 Å². The molecule has 1 heterocycles. The highest BCUT2D eigenvalue weighted by molar-refractivity contribution is 5.80. The van der Waals surface area contributed by atoms with Crippen molar-refractivity contribution in [3.63, 3.8) is 0 Å². The highest BCUT2D eigenvalue weighted by Gasteiger charge is 2.11. The number of aryl methyl sites for hydroxylation is 1. The van der Waals surface area contributed by atoms with Crippen LogP contribution < -0.4 is 10.9 Å². The molecule has 22 heavy (non-hydrogen) atoms. The smallest absolute Gasteiger partial charge is 0.306 e. The van der Waals surface area contributed by atoms with Gasteiger partial charge in [-0.2, -0.15) is 0 Å². The summed E-state index contributed by atoms with van der Waals surface area (Å²) in [6, 6.07) is 7.05. The van der Waals surface area contributed by atoms with Crippen LogP contribution in [0.25, 0.3) is 10.9 Å². The molecule has 0 aliphatic heterocycles. The van der Waals surface area contributed by atoms with Crippen LogP contribution in [-0.2, 0) is 27.8 Å². The number of carbonyl (C=O) groups is 2. The summed E-state index contributed by atoms with van der Waals surface area (Å²) < 4.78 is 6.23. The van der Waals surface area contributed by atoms with Crippen molar-refractivity contribution in [1.82, 2.24) is 14.9 Å². The zero-order valence-electron chi connectivity index (χ0n) is 12.5. The lowest BCUT2D eigenvalue weighted by molar-refractivity contribution is -0.148. The fourth-order valence-corrected chi connectivity index (χ4v) is 1.99. The molecule has 1 aromatic carbocycles. The van der Waals surface area contributed by atoms with Gasteiger partial charge in [0.05, 0.1) is 17.3 Å². The third-order valence-corrected chi connectivity index (χ3v) is 3.27. The highest BCUT2D eigenvalue weighted by atomic mass is 16.5. The Morgan fingerprint density at radius 2 is 2.05 bits per heavy atom. The van der Waals surface area contributed by atoms with E-state index in [0.29, 0.717) is 16.7 Å². The summed E-state index contributed by atoms with van der Waals surface area (Å²) in [6.07, 6.45) is 0.318. The van der Waals surface area contributed by atoms with E-state index in [1.54, 1.807) is 31.3 Å². The lowest BCUT2D eigenvalue weighted by atomic mass is 10.2. The van der Waals surface area contributed by atoms with Crippen LogP contribution in [0.1, 0.15) is 12.2 Å². The summed E-state index contributed by atoms with van der Waals surface area (Å²) in [6.45, 7) is -0.306. The van der Waals surface area contributed by atoms with E-state index in [-0.39, 0.29) is 30.9 Å². The Balaban J connectivity index is 2.09. The number of esters is 1. The molecule has 7 heteroatoms. The second-order valence-electron chi connectivity index (χ2n) is 4.74. The maximum absolute atomic E-state index is 12.2. The molecular weight excluding hydrogens is 286 g/mol. The number of hydrogen-bond donors (Lipinski definition) is 1. The number of benzene rings is 1. The third kappa shape index (κ3) is 3.49. The van der Waals surface area contributed by atoms with Gasteiger partial charge in [0.15, 0.2) is 6.61 Å². The van der Waals surface area contributed by atoms with Gasteiger partial charge in [-0.15, -0.1) is 0 Å². The molecule has 1 amide bonds. The number of nitrogens with one attached hydrogen (secondary N) is 1. The van der Waals surface area contributed by atoms with E-state index in [4.69, 9.17) is 4.74 Å². The van der Waals surface area contributed by atoms with E-state index < -0.39 is 5.97 Å². The van der Waals surface area contributed by atoms with Crippen LogP contribution >= 0.6 is 0 Å². The average molecular weight is 303 g/mol. The van der Waals surface area contributed by atoms with E-state index in [1.807, 2.05) is 0 Å². The van der Waals surface area contributed by atoms with Crippen LogP contribution in [0.4, 0.5) is 0 Å². The molecule has 0 saturated carbocycles. The standard InChI is InChI=1S/C15H17N3O4/c1-16-13(19)9-22-14(20)8-7-12-17-11-6-4-3-5-10(11)15(21)18(12)2/h3-6H,7-9H2,1-2H3,(H,16,19). The number of likely N-dealkylation sites (N-methyl/N-ethyl adjacent to an activating group) is 1. The van der Waals surface area contributed by atoms with E-state index in [2.05, 4.69) is 10.3 Å². The monoisotopic (exact) mass is 303 g/mol. The van der Waals surface area contributed by atoms with Crippen molar-refractivity contribution >= 4 is 22.8 Å². The van der Waals surface area contributed by atoms with Crippen molar-refractivity contribution in [3.05, 3.63) is 40.4 Å². The lowest BCUT2D eigenvalue weighted by Gasteiger charge is -2.09. The molecule has 1 N–H and O–H groups in total. The first-order valence-electron chi connectivity index (χ1n) is 6.83. The molecule has 0 unspecified atom stereocenters. The van der Waals surface area contributed by atoms with Gasteiger partial charge in [-0.05, 0) is 12.1 Å². The topological polar surface area (TPSA) is 90.3 Å². The van der Waals surface area contributed by atoms with Crippen LogP contribution in [0, 0.1) is 0 Å². The number of carbonyl (C=O) groups excluding carboxylic acids is 2. The maximum Gasteiger partial charge on any atom is 0.306 e. The summed E-state index contributed by atoms with van der Waals surface area (Å²) in [7, 11) is 3.08. The van der Waals surface area contributed by atoms with Crippen molar-refractivity contribution < 1.29 is 14.3 Å². The summed E-state index contributed by atoms with van der Waals surface area (Å²) >= 11 is 0. The van der Waals surface area contributed by atoms with Crippen molar-refractivity contribution in [3.8, 4) is 0 Å².